The van der Waals surface area contributed by atoms with Gasteiger partial charge in [0.05, 0.1) is 23.6 Å². The van der Waals surface area contributed by atoms with Crippen molar-refractivity contribution in [1.29, 1.82) is 0 Å². The highest BCUT2D eigenvalue weighted by Crippen LogP contribution is 2.44. The molecule has 0 radical (unpaired) electrons. The summed E-state index contributed by atoms with van der Waals surface area (Å²) in [4.78, 5) is 41.5. The normalized spacial score (nSPS) is 23.9. The first-order valence-electron chi connectivity index (χ1n) is 11.9. The second-order valence-electron chi connectivity index (χ2n) is 9.72. The van der Waals surface area contributed by atoms with Crippen LogP contribution in [0.15, 0.2) is 18.5 Å². The van der Waals surface area contributed by atoms with Gasteiger partial charge in [0.2, 0.25) is 0 Å². The zero-order chi connectivity index (χ0) is 26.8. The number of rotatable bonds is 8. The van der Waals surface area contributed by atoms with Crippen LogP contribution in [0.2, 0.25) is 0 Å². The molecule has 2 aromatic rings. The lowest BCUT2D eigenvalue weighted by Gasteiger charge is -2.31. The fraction of sp³-hybridized carbons (Fsp3) is 0.625. The minimum atomic E-state index is -1.37. The van der Waals surface area contributed by atoms with Crippen LogP contribution in [0.25, 0.3) is 5.52 Å². The van der Waals surface area contributed by atoms with Gasteiger partial charge in [0.15, 0.2) is 18.0 Å². The highest BCUT2D eigenvalue weighted by atomic mass is 16.7. The molecule has 1 aliphatic heterocycles. The molecule has 3 rings (SSSR count). The lowest BCUT2D eigenvalue weighted by atomic mass is 9.92. The van der Waals surface area contributed by atoms with Gasteiger partial charge in [-0.25, -0.2) is 14.3 Å². The molecular weight excluding hydrogens is 472 g/mol. The Bertz CT molecular complexity index is 1110. The van der Waals surface area contributed by atoms with E-state index in [9.17, 15) is 14.4 Å². The van der Waals surface area contributed by atoms with Crippen LogP contribution in [-0.4, -0.2) is 63.7 Å². The van der Waals surface area contributed by atoms with Crippen molar-refractivity contribution in [3.63, 3.8) is 0 Å². The fourth-order valence-electron chi connectivity index (χ4n) is 3.85. The molecule has 1 saturated heterocycles. The highest BCUT2D eigenvalue weighted by Gasteiger charge is 2.59. The van der Waals surface area contributed by atoms with Crippen LogP contribution in [0.5, 0.6) is 0 Å². The number of aromatic nitrogens is 3. The lowest BCUT2D eigenvalue weighted by Crippen LogP contribution is -2.46. The summed E-state index contributed by atoms with van der Waals surface area (Å²) >= 11 is 0. The molecule has 1 aliphatic rings. The van der Waals surface area contributed by atoms with Crippen molar-refractivity contribution >= 4 is 29.4 Å². The number of fused-ring (bicyclic) bond motifs is 1. The molecule has 1 fully saturated rings. The first-order valence-corrected chi connectivity index (χ1v) is 11.9. The van der Waals surface area contributed by atoms with Crippen LogP contribution in [0.3, 0.4) is 0 Å². The molecule has 198 valence electrons. The molecular formula is C24H34N4O8. The average molecular weight is 507 g/mol. The Kier molecular flexibility index (Phi) is 8.07. The van der Waals surface area contributed by atoms with Crippen molar-refractivity contribution in [2.24, 2.45) is 11.8 Å². The molecule has 4 atom stereocenters. The third kappa shape index (κ3) is 5.53. The molecule has 0 spiro atoms. The maximum Gasteiger partial charge on any atom is 0.508 e. The predicted octanol–water partition coefficient (Wildman–Crippen LogP) is 2.62. The SMILES string of the molecule is CC(C)OC(=O)OC[C@H]1O[C@@](C)(c2ccc3c(N)ncnn23)[C@H](OC(=O)C(C)C)[C@@H]1OC(=O)C(C)C. The number of nitrogen functional groups attached to an aromatic ring is 1. The molecule has 12 nitrogen and oxygen atoms in total. The van der Waals surface area contributed by atoms with Crippen LogP contribution in [0.1, 0.15) is 54.2 Å². The van der Waals surface area contributed by atoms with E-state index in [1.807, 2.05) is 0 Å². The smallest absolute Gasteiger partial charge is 0.455 e. The Balaban J connectivity index is 2.06. The van der Waals surface area contributed by atoms with Crippen molar-refractivity contribution in [3.8, 4) is 0 Å². The molecule has 3 heterocycles. The number of esters is 2. The van der Waals surface area contributed by atoms with Crippen LogP contribution in [0.4, 0.5) is 10.6 Å². The predicted molar refractivity (Wildman–Crippen MR) is 127 cm³/mol. The second-order valence-corrected chi connectivity index (χ2v) is 9.72. The summed E-state index contributed by atoms with van der Waals surface area (Å²) in [5.74, 6) is -1.73. The molecule has 2 N–H and O–H groups in total. The number of ether oxygens (including phenoxy) is 5. The van der Waals surface area contributed by atoms with Gasteiger partial charge in [-0.3, -0.25) is 9.59 Å². The van der Waals surface area contributed by atoms with Gasteiger partial charge in [-0.05, 0) is 32.9 Å². The van der Waals surface area contributed by atoms with E-state index >= 15 is 0 Å². The van der Waals surface area contributed by atoms with Gasteiger partial charge >= 0.3 is 18.1 Å². The molecule has 12 heteroatoms. The number of carbonyl (C=O) groups is 3. The number of anilines is 1. The zero-order valence-electron chi connectivity index (χ0n) is 21.6. The highest BCUT2D eigenvalue weighted by molar-refractivity contribution is 5.73. The monoisotopic (exact) mass is 506 g/mol. The minimum absolute atomic E-state index is 0.243. The van der Waals surface area contributed by atoms with Gasteiger partial charge in [0, 0.05) is 0 Å². The van der Waals surface area contributed by atoms with Crippen LogP contribution < -0.4 is 5.73 Å². The number of nitrogens with two attached hydrogens (primary N) is 1. The Morgan fingerprint density at radius 3 is 2.33 bits per heavy atom. The Morgan fingerprint density at radius 2 is 1.72 bits per heavy atom. The van der Waals surface area contributed by atoms with E-state index in [0.717, 1.165) is 0 Å². The third-order valence-electron chi connectivity index (χ3n) is 5.73. The molecule has 0 aromatic carbocycles. The summed E-state index contributed by atoms with van der Waals surface area (Å²) < 4.78 is 29.9. The Morgan fingerprint density at radius 1 is 1.08 bits per heavy atom. The van der Waals surface area contributed by atoms with Crippen molar-refractivity contribution in [2.45, 2.75) is 78.5 Å². The van der Waals surface area contributed by atoms with Crippen molar-refractivity contribution in [2.75, 3.05) is 12.3 Å². The van der Waals surface area contributed by atoms with Gasteiger partial charge < -0.3 is 29.4 Å². The van der Waals surface area contributed by atoms with E-state index < -0.39 is 59.9 Å². The summed E-state index contributed by atoms with van der Waals surface area (Å²) in [6.45, 7) is 11.5. The quantitative estimate of drug-likeness (QED) is 0.415. The largest absolute Gasteiger partial charge is 0.508 e. The van der Waals surface area contributed by atoms with Gasteiger partial charge in [-0.2, -0.15) is 5.10 Å². The first kappa shape index (κ1) is 27.2. The van der Waals surface area contributed by atoms with Crippen LogP contribution in [-0.2, 0) is 38.9 Å². The number of hydrogen-bond donors (Lipinski definition) is 1. The Hall–Kier alpha value is -3.41. The van der Waals surface area contributed by atoms with Crippen molar-refractivity contribution < 1.29 is 38.1 Å². The summed E-state index contributed by atoms with van der Waals surface area (Å²) in [6.07, 6.45) is -3.17. The Labute approximate surface area is 209 Å². The lowest BCUT2D eigenvalue weighted by molar-refractivity contribution is -0.175. The maximum atomic E-state index is 12.8. The molecule has 0 bridgehead atoms. The fourth-order valence-corrected chi connectivity index (χ4v) is 3.85. The summed E-state index contributed by atoms with van der Waals surface area (Å²) in [7, 11) is 0. The molecule has 0 saturated carbocycles. The number of nitrogens with zero attached hydrogens (tertiary/aromatic N) is 3. The van der Waals surface area contributed by atoms with Gasteiger partial charge in [-0.15, -0.1) is 0 Å². The van der Waals surface area contributed by atoms with Gasteiger partial charge in [0.25, 0.3) is 0 Å². The first-order chi connectivity index (χ1) is 16.8. The van der Waals surface area contributed by atoms with Crippen molar-refractivity contribution in [1.82, 2.24) is 14.6 Å². The van der Waals surface area contributed by atoms with E-state index in [1.54, 1.807) is 60.6 Å². The van der Waals surface area contributed by atoms with Crippen LogP contribution in [0, 0.1) is 11.8 Å². The summed E-state index contributed by atoms with van der Waals surface area (Å²) in [6, 6.07) is 3.42. The van der Waals surface area contributed by atoms with Crippen molar-refractivity contribution in [3.05, 3.63) is 24.2 Å². The molecule has 0 unspecified atom stereocenters. The summed E-state index contributed by atoms with van der Waals surface area (Å²) in [5.41, 5.74) is 5.63. The second kappa shape index (κ2) is 10.7. The van der Waals surface area contributed by atoms with E-state index in [4.69, 9.17) is 29.4 Å². The van der Waals surface area contributed by atoms with E-state index in [1.165, 1.54) is 10.8 Å². The minimum Gasteiger partial charge on any atom is -0.455 e. The standard InChI is InChI=1S/C24H34N4O8/c1-12(2)21(29)34-18-16(10-32-23(31)33-14(5)6)36-24(7,19(18)35-22(30)13(3)4)17-9-8-15-20(25)26-11-27-28(15)17/h8-9,11-14,16,18-19H,10H2,1-7H3,(H2,25,26,27)/t16-,18-,19-,24+/m1/s1. The zero-order valence-corrected chi connectivity index (χ0v) is 21.6. The van der Waals surface area contributed by atoms with Gasteiger partial charge in [0.1, 0.15) is 30.2 Å². The van der Waals surface area contributed by atoms with Gasteiger partial charge in [-0.1, -0.05) is 27.7 Å². The molecule has 36 heavy (non-hydrogen) atoms. The maximum absolute atomic E-state index is 12.8. The van der Waals surface area contributed by atoms with E-state index in [0.29, 0.717) is 11.2 Å². The average Bonchev–Trinajstić information content (AvgIpc) is 3.33. The molecule has 0 aliphatic carbocycles. The topological polar surface area (TPSA) is 154 Å². The summed E-state index contributed by atoms with van der Waals surface area (Å²) in [5, 5.41) is 4.28. The number of hydrogen-bond acceptors (Lipinski definition) is 11. The van der Waals surface area contributed by atoms with E-state index in [-0.39, 0.29) is 12.4 Å². The molecule has 0 amide bonds. The van der Waals surface area contributed by atoms with Crippen LogP contribution >= 0.6 is 0 Å². The van der Waals surface area contributed by atoms with E-state index in [2.05, 4.69) is 10.1 Å². The number of carbonyl (C=O) groups excluding carboxylic acids is 3. The molecule has 2 aromatic heterocycles. The third-order valence-corrected chi connectivity index (χ3v) is 5.73.